The maximum Gasteiger partial charge on any atom is 0.253 e. The van der Waals surface area contributed by atoms with Gasteiger partial charge in [-0.3, -0.25) is 9.59 Å². The number of alkyl halides is 2. The van der Waals surface area contributed by atoms with Crippen molar-refractivity contribution in [2.45, 2.75) is 17.7 Å². The Bertz CT molecular complexity index is 173. The Morgan fingerprint density at radius 1 is 1.42 bits per heavy atom. The molecule has 0 atom stereocenters. The normalized spacial score (nSPS) is 9.92. The zero-order chi connectivity index (χ0) is 9.56. The molecule has 0 heterocycles. The van der Waals surface area contributed by atoms with Gasteiger partial charge in [-0.1, -0.05) is 23.2 Å². The largest absolute Gasteiger partial charge is 0.370 e. The van der Waals surface area contributed by atoms with Crippen molar-refractivity contribution in [1.82, 2.24) is 5.32 Å². The summed E-state index contributed by atoms with van der Waals surface area (Å²) in [6, 6.07) is 0. The number of hydrogen-bond donors (Lipinski definition) is 2. The zero-order valence-electron chi connectivity index (χ0n) is 6.35. The predicted molar refractivity (Wildman–Crippen MR) is 46.9 cm³/mol. The maximum atomic E-state index is 10.7. The summed E-state index contributed by atoms with van der Waals surface area (Å²) in [6.45, 7) is 0.359. The molecule has 0 saturated heterocycles. The Morgan fingerprint density at radius 2 is 2.00 bits per heavy atom. The van der Waals surface area contributed by atoms with Gasteiger partial charge in [0.2, 0.25) is 5.91 Å². The van der Waals surface area contributed by atoms with Crippen LogP contribution in [0.4, 0.5) is 0 Å². The van der Waals surface area contributed by atoms with Crippen LogP contribution in [0.2, 0.25) is 0 Å². The standard InChI is InChI=1S/C6H10Cl2N2O2/c7-5(8)6(12)10-3-1-2-4(9)11/h5H,1-3H2,(H2,9,11)(H,10,12). The second-order valence-corrected chi connectivity index (χ2v) is 3.26. The van der Waals surface area contributed by atoms with Crippen molar-refractivity contribution in [1.29, 1.82) is 0 Å². The van der Waals surface area contributed by atoms with Crippen LogP contribution in [0.3, 0.4) is 0 Å². The molecule has 0 aliphatic heterocycles. The van der Waals surface area contributed by atoms with Crippen molar-refractivity contribution in [3.63, 3.8) is 0 Å². The van der Waals surface area contributed by atoms with E-state index in [-0.39, 0.29) is 6.42 Å². The van der Waals surface area contributed by atoms with Crippen molar-refractivity contribution in [3.05, 3.63) is 0 Å². The molecule has 12 heavy (non-hydrogen) atoms. The lowest BCUT2D eigenvalue weighted by atomic mass is 10.3. The number of amides is 2. The number of nitrogens with two attached hydrogens (primary N) is 1. The minimum atomic E-state index is -1.06. The minimum Gasteiger partial charge on any atom is -0.370 e. The molecule has 70 valence electrons. The maximum absolute atomic E-state index is 10.7. The molecular formula is C6H10Cl2N2O2. The van der Waals surface area contributed by atoms with Crippen LogP contribution < -0.4 is 11.1 Å². The number of halogens is 2. The van der Waals surface area contributed by atoms with E-state index >= 15 is 0 Å². The lowest BCUT2D eigenvalue weighted by molar-refractivity contribution is -0.120. The Labute approximate surface area is 80.4 Å². The highest BCUT2D eigenvalue weighted by Gasteiger charge is 2.09. The van der Waals surface area contributed by atoms with Gasteiger partial charge in [0.05, 0.1) is 0 Å². The van der Waals surface area contributed by atoms with Crippen molar-refractivity contribution >= 4 is 35.0 Å². The van der Waals surface area contributed by atoms with E-state index in [2.05, 4.69) is 5.32 Å². The van der Waals surface area contributed by atoms with Gasteiger partial charge >= 0.3 is 0 Å². The Balaban J connectivity index is 3.32. The van der Waals surface area contributed by atoms with Gasteiger partial charge < -0.3 is 11.1 Å². The minimum absolute atomic E-state index is 0.246. The Morgan fingerprint density at radius 3 is 2.42 bits per heavy atom. The van der Waals surface area contributed by atoms with E-state index in [4.69, 9.17) is 28.9 Å². The van der Waals surface area contributed by atoms with Gasteiger partial charge in [-0.25, -0.2) is 0 Å². The van der Waals surface area contributed by atoms with E-state index in [1.807, 2.05) is 0 Å². The van der Waals surface area contributed by atoms with Gasteiger partial charge in [-0.2, -0.15) is 0 Å². The first kappa shape index (κ1) is 11.5. The van der Waals surface area contributed by atoms with Crippen LogP contribution in [-0.2, 0) is 9.59 Å². The molecule has 0 aliphatic carbocycles. The first-order valence-electron chi connectivity index (χ1n) is 3.38. The number of carbonyl (C=O) groups is 2. The lowest BCUT2D eigenvalue weighted by Gasteiger charge is -2.03. The fraction of sp³-hybridized carbons (Fsp3) is 0.667. The molecule has 0 fully saturated rings. The summed E-state index contributed by atoms with van der Waals surface area (Å²) in [6.07, 6.45) is 0.747. The van der Waals surface area contributed by atoms with Crippen molar-refractivity contribution in [3.8, 4) is 0 Å². The molecule has 0 rings (SSSR count). The molecular weight excluding hydrogens is 203 g/mol. The smallest absolute Gasteiger partial charge is 0.253 e. The second-order valence-electron chi connectivity index (χ2n) is 2.16. The van der Waals surface area contributed by atoms with Gasteiger partial charge in [0.1, 0.15) is 0 Å². The fourth-order valence-corrected chi connectivity index (χ4v) is 0.706. The molecule has 2 amide bonds. The van der Waals surface area contributed by atoms with E-state index in [9.17, 15) is 9.59 Å². The topological polar surface area (TPSA) is 72.2 Å². The van der Waals surface area contributed by atoms with E-state index in [0.29, 0.717) is 13.0 Å². The summed E-state index contributed by atoms with van der Waals surface area (Å²) in [5.74, 6) is -0.847. The van der Waals surface area contributed by atoms with Crippen molar-refractivity contribution in [2.24, 2.45) is 5.73 Å². The highest BCUT2D eigenvalue weighted by molar-refractivity contribution is 6.53. The quantitative estimate of drug-likeness (QED) is 0.504. The molecule has 4 nitrogen and oxygen atoms in total. The van der Waals surface area contributed by atoms with Gasteiger partial charge in [0.15, 0.2) is 4.84 Å². The Hall–Kier alpha value is -0.480. The van der Waals surface area contributed by atoms with Gasteiger partial charge in [0.25, 0.3) is 5.91 Å². The third-order valence-electron chi connectivity index (χ3n) is 1.10. The molecule has 0 aromatic heterocycles. The summed E-state index contributed by atoms with van der Waals surface area (Å²) in [5.41, 5.74) is 4.87. The molecule has 3 N–H and O–H groups in total. The van der Waals surface area contributed by atoms with Crippen LogP contribution in [0, 0.1) is 0 Å². The summed E-state index contributed by atoms with van der Waals surface area (Å²) in [5, 5.41) is 2.43. The van der Waals surface area contributed by atoms with E-state index in [0.717, 1.165) is 0 Å². The Kier molecular flexibility index (Phi) is 5.84. The average Bonchev–Trinajstić information content (AvgIpc) is 1.97. The summed E-state index contributed by atoms with van der Waals surface area (Å²) < 4.78 is 0. The average molecular weight is 213 g/mol. The molecule has 0 spiro atoms. The lowest BCUT2D eigenvalue weighted by Crippen LogP contribution is -2.29. The SMILES string of the molecule is NC(=O)CCCNC(=O)C(Cl)Cl. The third-order valence-corrected chi connectivity index (χ3v) is 1.49. The predicted octanol–water partition coefficient (Wildman–Crippen LogP) is 0.172. The van der Waals surface area contributed by atoms with E-state index < -0.39 is 16.7 Å². The van der Waals surface area contributed by atoms with Crippen LogP contribution in [-0.4, -0.2) is 23.2 Å². The number of primary amides is 1. The molecule has 0 aliphatic rings. The number of rotatable bonds is 5. The molecule has 0 saturated carbocycles. The molecule has 6 heteroatoms. The number of carbonyl (C=O) groups excluding carboxylic acids is 2. The fourth-order valence-electron chi connectivity index (χ4n) is 0.551. The molecule has 0 aromatic rings. The third kappa shape index (κ3) is 6.24. The molecule has 0 unspecified atom stereocenters. The van der Waals surface area contributed by atoms with Crippen LogP contribution in [0.5, 0.6) is 0 Å². The highest BCUT2D eigenvalue weighted by atomic mass is 35.5. The zero-order valence-corrected chi connectivity index (χ0v) is 7.86. The summed E-state index contributed by atoms with van der Waals surface area (Å²) in [4.78, 5) is 19.9. The second kappa shape index (κ2) is 6.08. The first-order chi connectivity index (χ1) is 5.54. The van der Waals surface area contributed by atoms with E-state index in [1.54, 1.807) is 0 Å². The van der Waals surface area contributed by atoms with Gasteiger partial charge in [-0.05, 0) is 6.42 Å². The monoisotopic (exact) mass is 212 g/mol. The molecule has 0 bridgehead atoms. The number of nitrogens with one attached hydrogen (secondary N) is 1. The van der Waals surface area contributed by atoms with Crippen LogP contribution >= 0.6 is 23.2 Å². The first-order valence-corrected chi connectivity index (χ1v) is 4.25. The van der Waals surface area contributed by atoms with Crippen molar-refractivity contribution < 1.29 is 9.59 Å². The van der Waals surface area contributed by atoms with Crippen LogP contribution in [0.25, 0.3) is 0 Å². The number of hydrogen-bond acceptors (Lipinski definition) is 2. The van der Waals surface area contributed by atoms with Crippen LogP contribution in [0.1, 0.15) is 12.8 Å². The molecule has 0 aromatic carbocycles. The summed E-state index contributed by atoms with van der Waals surface area (Å²) in [7, 11) is 0. The van der Waals surface area contributed by atoms with Crippen molar-refractivity contribution in [2.75, 3.05) is 6.54 Å². The molecule has 0 radical (unpaired) electrons. The van der Waals surface area contributed by atoms with Gasteiger partial charge in [0, 0.05) is 13.0 Å². The summed E-state index contributed by atoms with van der Waals surface area (Å²) >= 11 is 10.5. The highest BCUT2D eigenvalue weighted by Crippen LogP contribution is 2.00. The van der Waals surface area contributed by atoms with Crippen LogP contribution in [0.15, 0.2) is 0 Å². The van der Waals surface area contributed by atoms with Gasteiger partial charge in [-0.15, -0.1) is 0 Å². The van der Waals surface area contributed by atoms with E-state index in [1.165, 1.54) is 0 Å².